The van der Waals surface area contributed by atoms with E-state index in [1.807, 2.05) is 32.9 Å². The fourth-order valence-corrected chi connectivity index (χ4v) is 3.41. The minimum absolute atomic E-state index is 0.137. The number of benzene rings is 2. The fraction of sp³-hybridized carbons (Fsp3) is 0.300. The minimum Gasteiger partial charge on any atom is -0.322 e. The van der Waals surface area contributed by atoms with Crippen molar-refractivity contribution in [2.45, 2.75) is 20.8 Å². The molecule has 0 aliphatic heterocycles. The van der Waals surface area contributed by atoms with Crippen molar-refractivity contribution in [3.8, 4) is 0 Å². The van der Waals surface area contributed by atoms with Crippen LogP contribution in [0.2, 0.25) is 10.0 Å². The van der Waals surface area contributed by atoms with Crippen molar-refractivity contribution < 1.29 is 14.5 Å². The zero-order valence-electron chi connectivity index (χ0n) is 15.9. The Bertz CT molecular complexity index is 845. The van der Waals surface area contributed by atoms with Gasteiger partial charge >= 0.3 is 0 Å². The predicted molar refractivity (Wildman–Crippen MR) is 111 cm³/mol. The lowest BCUT2D eigenvalue weighted by molar-refractivity contribution is -0.862. The molecule has 3 N–H and O–H groups in total. The first kappa shape index (κ1) is 21.2. The first-order valence-electron chi connectivity index (χ1n) is 8.59. The normalized spacial score (nSPS) is 11.8. The molecule has 2 aromatic rings. The molecule has 2 aromatic carbocycles. The van der Waals surface area contributed by atoms with E-state index in [1.54, 1.807) is 25.2 Å². The van der Waals surface area contributed by atoms with Gasteiger partial charge in [0.05, 0.1) is 17.8 Å². The minimum atomic E-state index is -0.229. The van der Waals surface area contributed by atoms with Gasteiger partial charge in [0.2, 0.25) is 0 Å². The second kappa shape index (κ2) is 9.22. The summed E-state index contributed by atoms with van der Waals surface area (Å²) in [4.78, 5) is 25.3. The van der Waals surface area contributed by atoms with Crippen LogP contribution in [0, 0.1) is 20.8 Å². The Kier molecular flexibility index (Phi) is 7.25. The van der Waals surface area contributed by atoms with E-state index in [0.717, 1.165) is 27.3 Å². The molecular weight excluding hydrogens is 385 g/mol. The first-order valence-corrected chi connectivity index (χ1v) is 9.35. The number of likely N-dealkylation sites (N-methyl/N-ethyl adjacent to an activating group) is 1. The molecule has 0 aromatic heterocycles. The predicted octanol–water partition coefficient (Wildman–Crippen LogP) is 3.01. The quantitative estimate of drug-likeness (QED) is 0.687. The summed E-state index contributed by atoms with van der Waals surface area (Å²) in [6.07, 6.45) is 0. The number of hydrogen-bond acceptors (Lipinski definition) is 2. The van der Waals surface area contributed by atoms with Gasteiger partial charge < -0.3 is 15.5 Å². The van der Waals surface area contributed by atoms with Crippen LogP contribution in [0.25, 0.3) is 0 Å². The van der Waals surface area contributed by atoms with Crippen molar-refractivity contribution in [1.29, 1.82) is 0 Å². The maximum atomic E-state index is 12.3. The molecule has 0 heterocycles. The van der Waals surface area contributed by atoms with Crippen LogP contribution in [0.3, 0.4) is 0 Å². The van der Waals surface area contributed by atoms with Gasteiger partial charge in [0, 0.05) is 10.7 Å². The number of hydrogen-bond donors (Lipinski definition) is 3. The van der Waals surface area contributed by atoms with Crippen LogP contribution in [0.4, 0.5) is 11.4 Å². The Balaban J connectivity index is 1.90. The van der Waals surface area contributed by atoms with Crippen LogP contribution in [0.5, 0.6) is 0 Å². The average Bonchev–Trinajstić information content (AvgIpc) is 2.53. The van der Waals surface area contributed by atoms with E-state index in [4.69, 9.17) is 23.2 Å². The SMILES string of the molecule is Cc1cc(C)c(NC(=O)C[NH+](C)CC(=O)Nc2ccc(Cl)cc2Cl)c(C)c1. The number of amides is 2. The molecule has 144 valence electrons. The van der Waals surface area contributed by atoms with Crippen LogP contribution >= 0.6 is 23.2 Å². The number of aryl methyl sites for hydroxylation is 3. The third kappa shape index (κ3) is 6.24. The molecule has 0 fully saturated rings. The highest BCUT2D eigenvalue weighted by Gasteiger charge is 2.16. The molecule has 7 heteroatoms. The maximum Gasteiger partial charge on any atom is 0.279 e. The molecule has 2 amide bonds. The number of anilines is 2. The van der Waals surface area contributed by atoms with Crippen LogP contribution in [-0.2, 0) is 9.59 Å². The number of carbonyl (C=O) groups is 2. The summed E-state index contributed by atoms with van der Waals surface area (Å²) in [5.74, 6) is -0.368. The van der Waals surface area contributed by atoms with Crippen molar-refractivity contribution in [1.82, 2.24) is 0 Å². The molecule has 2 rings (SSSR count). The first-order chi connectivity index (χ1) is 12.7. The van der Waals surface area contributed by atoms with Gasteiger partial charge in [-0.1, -0.05) is 40.9 Å². The Hall–Kier alpha value is -2.08. The number of rotatable bonds is 6. The molecule has 0 saturated heterocycles. The van der Waals surface area contributed by atoms with E-state index in [9.17, 15) is 9.59 Å². The molecule has 0 radical (unpaired) electrons. The average molecular weight is 409 g/mol. The number of nitrogens with one attached hydrogen (secondary N) is 3. The Labute approximate surface area is 169 Å². The Morgan fingerprint density at radius 3 is 2.04 bits per heavy atom. The van der Waals surface area contributed by atoms with Crippen molar-refractivity contribution in [3.05, 3.63) is 57.1 Å². The molecule has 0 aliphatic rings. The highest BCUT2D eigenvalue weighted by atomic mass is 35.5. The molecule has 0 bridgehead atoms. The van der Waals surface area contributed by atoms with Gasteiger partial charge in [0.15, 0.2) is 13.1 Å². The Morgan fingerprint density at radius 1 is 0.926 bits per heavy atom. The maximum absolute atomic E-state index is 12.3. The van der Waals surface area contributed by atoms with Gasteiger partial charge in [-0.2, -0.15) is 0 Å². The highest BCUT2D eigenvalue weighted by molar-refractivity contribution is 6.36. The van der Waals surface area contributed by atoms with Gasteiger partial charge in [0.25, 0.3) is 11.8 Å². The molecule has 5 nitrogen and oxygen atoms in total. The smallest absolute Gasteiger partial charge is 0.279 e. The van der Waals surface area contributed by atoms with E-state index in [2.05, 4.69) is 10.6 Å². The monoisotopic (exact) mass is 408 g/mol. The lowest BCUT2D eigenvalue weighted by Gasteiger charge is -2.16. The number of carbonyl (C=O) groups excluding carboxylic acids is 2. The molecule has 1 unspecified atom stereocenters. The second-order valence-electron chi connectivity index (χ2n) is 6.80. The van der Waals surface area contributed by atoms with Crippen molar-refractivity contribution >= 4 is 46.4 Å². The molecule has 0 saturated carbocycles. The summed E-state index contributed by atoms with van der Waals surface area (Å²) in [6, 6.07) is 8.92. The largest absolute Gasteiger partial charge is 0.322 e. The van der Waals surface area contributed by atoms with Gasteiger partial charge in [0.1, 0.15) is 0 Å². The standard InChI is InChI=1S/C20H23Cl2N3O2/c1-12-7-13(2)20(14(3)8-12)24-19(27)11-25(4)10-18(26)23-17-6-5-15(21)9-16(17)22/h5-9H,10-11H2,1-4H3,(H,23,26)(H,24,27)/p+1. The van der Waals surface area contributed by atoms with Crippen molar-refractivity contribution in [3.63, 3.8) is 0 Å². The zero-order valence-corrected chi connectivity index (χ0v) is 17.4. The lowest BCUT2D eigenvalue weighted by atomic mass is 10.1. The van der Waals surface area contributed by atoms with Gasteiger partial charge in [-0.25, -0.2) is 0 Å². The van der Waals surface area contributed by atoms with E-state index >= 15 is 0 Å². The fourth-order valence-electron chi connectivity index (χ4n) is 2.96. The third-order valence-corrected chi connectivity index (χ3v) is 4.62. The summed E-state index contributed by atoms with van der Waals surface area (Å²) in [5, 5.41) is 6.55. The zero-order chi connectivity index (χ0) is 20.1. The molecule has 27 heavy (non-hydrogen) atoms. The van der Waals surface area contributed by atoms with E-state index in [0.29, 0.717) is 15.7 Å². The lowest BCUT2D eigenvalue weighted by Crippen LogP contribution is -3.11. The summed E-state index contributed by atoms with van der Waals surface area (Å²) in [5.41, 5.74) is 4.52. The van der Waals surface area contributed by atoms with E-state index < -0.39 is 0 Å². The van der Waals surface area contributed by atoms with Crippen LogP contribution in [0.15, 0.2) is 30.3 Å². The number of quaternary nitrogens is 1. The van der Waals surface area contributed by atoms with Crippen LogP contribution in [0.1, 0.15) is 16.7 Å². The summed E-state index contributed by atoms with van der Waals surface area (Å²) < 4.78 is 0. The summed E-state index contributed by atoms with van der Waals surface area (Å²) in [6.45, 7) is 6.27. The van der Waals surface area contributed by atoms with Crippen molar-refractivity contribution in [2.75, 3.05) is 30.8 Å². The second-order valence-corrected chi connectivity index (χ2v) is 7.65. The molecule has 0 spiro atoms. The van der Waals surface area contributed by atoms with Gasteiger partial charge in [-0.05, 0) is 50.1 Å². The molecular formula is C20H24Cl2N3O2+. The van der Waals surface area contributed by atoms with Crippen LogP contribution < -0.4 is 15.5 Å². The van der Waals surface area contributed by atoms with Crippen LogP contribution in [-0.4, -0.2) is 32.0 Å². The van der Waals surface area contributed by atoms with E-state index in [1.165, 1.54) is 0 Å². The number of halogens is 2. The molecule has 0 aliphatic carbocycles. The summed E-state index contributed by atoms with van der Waals surface area (Å²) >= 11 is 11.9. The molecule has 1 atom stereocenters. The van der Waals surface area contributed by atoms with E-state index in [-0.39, 0.29) is 24.9 Å². The van der Waals surface area contributed by atoms with Gasteiger partial charge in [-0.15, -0.1) is 0 Å². The topological polar surface area (TPSA) is 62.6 Å². The van der Waals surface area contributed by atoms with Crippen molar-refractivity contribution in [2.24, 2.45) is 0 Å². The van der Waals surface area contributed by atoms with Gasteiger partial charge in [-0.3, -0.25) is 9.59 Å². The third-order valence-electron chi connectivity index (χ3n) is 4.07. The Morgan fingerprint density at radius 2 is 1.48 bits per heavy atom. The highest BCUT2D eigenvalue weighted by Crippen LogP contribution is 2.25. The summed E-state index contributed by atoms with van der Waals surface area (Å²) in [7, 11) is 1.79.